The fourth-order valence-corrected chi connectivity index (χ4v) is 2.90. The normalized spacial score (nSPS) is 14.2. The summed E-state index contributed by atoms with van der Waals surface area (Å²) in [7, 11) is 0. The van der Waals surface area contributed by atoms with Crippen LogP contribution in [0.25, 0.3) is 10.6 Å². The zero-order valence-electron chi connectivity index (χ0n) is 11.2. The lowest BCUT2D eigenvalue weighted by Crippen LogP contribution is -2.17. The minimum Gasteiger partial charge on any atom is -0.314 e. The predicted molar refractivity (Wildman–Crippen MR) is 79.4 cm³/mol. The maximum Gasteiger partial charge on any atom is 0.147 e. The van der Waals surface area contributed by atoms with Gasteiger partial charge in [0.1, 0.15) is 10.0 Å². The molecular weight excluding hydrogens is 268 g/mol. The molecule has 0 bridgehead atoms. The summed E-state index contributed by atoms with van der Waals surface area (Å²) in [5, 5.41) is 22.8. The van der Waals surface area contributed by atoms with E-state index in [2.05, 4.69) is 21.6 Å². The molecule has 3 rings (SSSR count). The molecule has 1 fully saturated rings. The van der Waals surface area contributed by atoms with Gasteiger partial charge in [0.25, 0.3) is 0 Å². The molecule has 0 spiro atoms. The van der Waals surface area contributed by atoms with Crippen LogP contribution in [0.5, 0.6) is 0 Å². The molecule has 1 saturated carbocycles. The molecule has 0 saturated heterocycles. The number of nitrogens with zero attached hydrogens (tertiary/aromatic N) is 3. The highest BCUT2D eigenvalue weighted by atomic mass is 32.1. The second-order valence-electron chi connectivity index (χ2n) is 5.03. The van der Waals surface area contributed by atoms with Crippen LogP contribution in [0.1, 0.15) is 29.8 Å². The van der Waals surface area contributed by atoms with E-state index in [1.54, 1.807) is 17.4 Å². The molecule has 1 heterocycles. The van der Waals surface area contributed by atoms with Crippen LogP contribution >= 0.6 is 11.3 Å². The standard InChI is InChI=1S/C15H16N4S/c16-10-11-3-1-4-12(9-11)15-19-18-14(20-15)5-2-8-17-13-6-7-13/h1,3-4,9,13,17H,2,5-8H2. The zero-order chi connectivity index (χ0) is 13.8. The van der Waals surface area contributed by atoms with E-state index in [0.717, 1.165) is 41.0 Å². The van der Waals surface area contributed by atoms with Crippen molar-refractivity contribution in [2.24, 2.45) is 0 Å². The maximum atomic E-state index is 8.92. The van der Waals surface area contributed by atoms with Crippen LogP contribution in [0.2, 0.25) is 0 Å². The summed E-state index contributed by atoms with van der Waals surface area (Å²) >= 11 is 1.62. The molecule has 1 aromatic carbocycles. The lowest BCUT2D eigenvalue weighted by Gasteiger charge is -1.99. The van der Waals surface area contributed by atoms with Crippen molar-refractivity contribution in [3.63, 3.8) is 0 Å². The highest BCUT2D eigenvalue weighted by Crippen LogP contribution is 2.25. The molecule has 1 aliphatic rings. The molecule has 102 valence electrons. The van der Waals surface area contributed by atoms with Crippen molar-refractivity contribution in [2.45, 2.75) is 31.7 Å². The third-order valence-corrected chi connectivity index (χ3v) is 4.32. The predicted octanol–water partition coefficient (Wildman–Crippen LogP) is 2.76. The molecule has 0 amide bonds. The average molecular weight is 284 g/mol. The number of nitriles is 1. The van der Waals surface area contributed by atoms with Crippen LogP contribution in [0.4, 0.5) is 0 Å². The van der Waals surface area contributed by atoms with Crippen molar-refractivity contribution in [1.82, 2.24) is 15.5 Å². The number of benzene rings is 1. The Kier molecular flexibility index (Phi) is 4.05. The summed E-state index contributed by atoms with van der Waals surface area (Å²) in [5.74, 6) is 0. The lowest BCUT2D eigenvalue weighted by molar-refractivity contribution is 0.643. The molecular formula is C15H16N4S. The topological polar surface area (TPSA) is 61.6 Å². The monoisotopic (exact) mass is 284 g/mol. The van der Waals surface area contributed by atoms with E-state index >= 15 is 0 Å². The number of hydrogen-bond donors (Lipinski definition) is 1. The van der Waals surface area contributed by atoms with Crippen molar-refractivity contribution in [3.05, 3.63) is 34.8 Å². The molecule has 4 nitrogen and oxygen atoms in total. The van der Waals surface area contributed by atoms with E-state index in [0.29, 0.717) is 5.56 Å². The van der Waals surface area contributed by atoms with E-state index in [-0.39, 0.29) is 0 Å². The van der Waals surface area contributed by atoms with Crippen molar-refractivity contribution in [3.8, 4) is 16.6 Å². The van der Waals surface area contributed by atoms with Crippen molar-refractivity contribution < 1.29 is 0 Å². The molecule has 1 aromatic heterocycles. The van der Waals surface area contributed by atoms with E-state index < -0.39 is 0 Å². The fraction of sp³-hybridized carbons (Fsp3) is 0.400. The first-order valence-corrected chi connectivity index (χ1v) is 7.73. The van der Waals surface area contributed by atoms with Gasteiger partial charge in [0.15, 0.2) is 0 Å². The maximum absolute atomic E-state index is 8.92. The first-order valence-electron chi connectivity index (χ1n) is 6.91. The quantitative estimate of drug-likeness (QED) is 0.829. The molecule has 0 radical (unpaired) electrons. The van der Waals surface area contributed by atoms with Gasteiger partial charge >= 0.3 is 0 Å². The molecule has 20 heavy (non-hydrogen) atoms. The van der Waals surface area contributed by atoms with Gasteiger partial charge in [0, 0.05) is 18.0 Å². The van der Waals surface area contributed by atoms with Gasteiger partial charge in [0.05, 0.1) is 11.6 Å². The second kappa shape index (κ2) is 6.12. The number of hydrogen-bond acceptors (Lipinski definition) is 5. The Labute approximate surface area is 122 Å². The summed E-state index contributed by atoms with van der Waals surface area (Å²) in [5.41, 5.74) is 1.64. The van der Waals surface area contributed by atoms with Crippen LogP contribution in [0, 0.1) is 11.3 Å². The van der Waals surface area contributed by atoms with Crippen LogP contribution in [0.3, 0.4) is 0 Å². The Bertz CT molecular complexity index is 625. The molecule has 0 atom stereocenters. The summed E-state index contributed by atoms with van der Waals surface area (Å²) in [4.78, 5) is 0. The van der Waals surface area contributed by atoms with Gasteiger partial charge in [-0.15, -0.1) is 10.2 Å². The Morgan fingerprint density at radius 3 is 3.05 bits per heavy atom. The van der Waals surface area contributed by atoms with Gasteiger partial charge in [-0.3, -0.25) is 0 Å². The summed E-state index contributed by atoms with van der Waals surface area (Å²) in [6, 6.07) is 10.4. The second-order valence-corrected chi connectivity index (χ2v) is 6.09. The van der Waals surface area contributed by atoms with Crippen LogP contribution < -0.4 is 5.32 Å². The lowest BCUT2D eigenvalue weighted by atomic mass is 10.1. The summed E-state index contributed by atoms with van der Waals surface area (Å²) in [6.07, 6.45) is 4.73. The first-order chi connectivity index (χ1) is 9.85. The molecule has 1 aliphatic carbocycles. The average Bonchev–Trinajstić information content (AvgIpc) is 3.20. The summed E-state index contributed by atoms with van der Waals surface area (Å²) < 4.78 is 0. The Hall–Kier alpha value is -1.77. The Morgan fingerprint density at radius 2 is 2.25 bits per heavy atom. The smallest absolute Gasteiger partial charge is 0.147 e. The Morgan fingerprint density at radius 1 is 1.35 bits per heavy atom. The fourth-order valence-electron chi connectivity index (χ4n) is 2.03. The molecule has 1 N–H and O–H groups in total. The molecule has 2 aromatic rings. The van der Waals surface area contributed by atoms with Crippen molar-refractivity contribution in [1.29, 1.82) is 5.26 Å². The van der Waals surface area contributed by atoms with Gasteiger partial charge in [0.2, 0.25) is 0 Å². The van der Waals surface area contributed by atoms with E-state index in [1.807, 2.05) is 18.2 Å². The van der Waals surface area contributed by atoms with Gasteiger partial charge in [-0.1, -0.05) is 23.5 Å². The van der Waals surface area contributed by atoms with Crippen LogP contribution in [0.15, 0.2) is 24.3 Å². The van der Waals surface area contributed by atoms with Crippen LogP contribution in [-0.4, -0.2) is 22.8 Å². The van der Waals surface area contributed by atoms with E-state index in [4.69, 9.17) is 5.26 Å². The number of aryl methyl sites for hydroxylation is 1. The van der Waals surface area contributed by atoms with Gasteiger partial charge in [-0.2, -0.15) is 5.26 Å². The minimum absolute atomic E-state index is 0.660. The first kappa shape index (κ1) is 13.2. The molecule has 0 aliphatic heterocycles. The third kappa shape index (κ3) is 3.41. The van der Waals surface area contributed by atoms with Gasteiger partial charge < -0.3 is 5.32 Å². The SMILES string of the molecule is N#Cc1cccc(-c2nnc(CCCNC3CC3)s2)c1. The third-order valence-electron chi connectivity index (χ3n) is 3.28. The molecule has 0 unspecified atom stereocenters. The molecule has 5 heteroatoms. The minimum atomic E-state index is 0.660. The summed E-state index contributed by atoms with van der Waals surface area (Å²) in [6.45, 7) is 1.06. The van der Waals surface area contributed by atoms with Crippen molar-refractivity contribution in [2.75, 3.05) is 6.54 Å². The largest absolute Gasteiger partial charge is 0.314 e. The Balaban J connectivity index is 1.59. The van der Waals surface area contributed by atoms with Crippen molar-refractivity contribution >= 4 is 11.3 Å². The van der Waals surface area contributed by atoms with E-state index in [9.17, 15) is 0 Å². The highest BCUT2D eigenvalue weighted by molar-refractivity contribution is 7.14. The van der Waals surface area contributed by atoms with E-state index in [1.165, 1.54) is 12.8 Å². The van der Waals surface area contributed by atoms with Gasteiger partial charge in [-0.25, -0.2) is 0 Å². The number of nitrogens with one attached hydrogen (secondary N) is 1. The van der Waals surface area contributed by atoms with Gasteiger partial charge in [-0.05, 0) is 37.9 Å². The number of aromatic nitrogens is 2. The zero-order valence-corrected chi connectivity index (χ0v) is 12.0. The number of rotatable bonds is 6. The highest BCUT2D eigenvalue weighted by Gasteiger charge is 2.19. The van der Waals surface area contributed by atoms with Crippen LogP contribution in [-0.2, 0) is 6.42 Å².